The molecule has 1 aromatic heterocycles. The van der Waals surface area contributed by atoms with Gasteiger partial charge in [0.15, 0.2) is 0 Å². The fourth-order valence-electron chi connectivity index (χ4n) is 4.47. The van der Waals surface area contributed by atoms with Gasteiger partial charge < -0.3 is 15.5 Å². The number of carbonyl (C=O) groups excluding carboxylic acids is 1. The Morgan fingerprint density at radius 3 is 2.67 bits per heavy atom. The molecule has 2 aromatic carbocycles. The van der Waals surface area contributed by atoms with E-state index in [4.69, 9.17) is 11.6 Å². The maximum absolute atomic E-state index is 13.2. The first kappa shape index (κ1) is 25.9. The summed E-state index contributed by atoms with van der Waals surface area (Å²) in [5.41, 5.74) is 4.37. The molecule has 2 heterocycles. The molecule has 7 heteroatoms. The van der Waals surface area contributed by atoms with Crippen molar-refractivity contribution in [1.82, 2.24) is 20.5 Å². The zero-order valence-corrected chi connectivity index (χ0v) is 21.7. The smallest absolute Gasteiger partial charge is 0.237 e. The molecule has 4 rings (SSSR count). The second-order valence-electron chi connectivity index (χ2n) is 9.34. The number of nitrogens with zero attached hydrogens (tertiary/aromatic N) is 3. The predicted octanol–water partition coefficient (Wildman–Crippen LogP) is 4.36. The SMILES string of the molecule is CN(C)c1ccc(/C=C/CN[C@H]2C[C@@H](C(=O)NCc3cccnc3)N(Cc3ccccc3Cl)C2)cc1. The summed E-state index contributed by atoms with van der Waals surface area (Å²) in [6, 6.07) is 20.1. The van der Waals surface area contributed by atoms with Gasteiger partial charge in [-0.05, 0) is 47.4 Å². The van der Waals surface area contributed by atoms with Crippen LogP contribution in [0.3, 0.4) is 0 Å². The molecule has 2 N–H and O–H groups in total. The highest BCUT2D eigenvalue weighted by Gasteiger charge is 2.36. The predicted molar refractivity (Wildman–Crippen MR) is 148 cm³/mol. The van der Waals surface area contributed by atoms with Crippen molar-refractivity contribution in [1.29, 1.82) is 0 Å². The average Bonchev–Trinajstić information content (AvgIpc) is 3.30. The lowest BCUT2D eigenvalue weighted by molar-refractivity contribution is -0.125. The van der Waals surface area contributed by atoms with Gasteiger partial charge >= 0.3 is 0 Å². The highest BCUT2D eigenvalue weighted by atomic mass is 35.5. The molecule has 0 bridgehead atoms. The van der Waals surface area contributed by atoms with Crippen LogP contribution >= 0.6 is 11.6 Å². The molecule has 1 aliphatic rings. The van der Waals surface area contributed by atoms with Crippen molar-refractivity contribution in [3.63, 3.8) is 0 Å². The molecule has 0 radical (unpaired) electrons. The van der Waals surface area contributed by atoms with E-state index in [1.807, 2.05) is 50.5 Å². The molecule has 1 aliphatic heterocycles. The fraction of sp³-hybridized carbons (Fsp3) is 0.310. The second-order valence-corrected chi connectivity index (χ2v) is 9.75. The minimum atomic E-state index is -0.224. The van der Waals surface area contributed by atoms with Crippen molar-refractivity contribution in [2.24, 2.45) is 0 Å². The van der Waals surface area contributed by atoms with Gasteiger partial charge in [0.05, 0.1) is 6.04 Å². The molecule has 1 amide bonds. The summed E-state index contributed by atoms with van der Waals surface area (Å²) < 4.78 is 0. The number of aromatic nitrogens is 1. The number of hydrogen-bond acceptors (Lipinski definition) is 5. The first-order valence-corrected chi connectivity index (χ1v) is 12.7. The van der Waals surface area contributed by atoms with E-state index in [1.54, 1.807) is 12.4 Å². The lowest BCUT2D eigenvalue weighted by Gasteiger charge is -2.24. The summed E-state index contributed by atoms with van der Waals surface area (Å²) in [5.74, 6) is 0.0340. The third kappa shape index (κ3) is 7.17. The quantitative estimate of drug-likeness (QED) is 0.430. The minimum Gasteiger partial charge on any atom is -0.378 e. The summed E-state index contributed by atoms with van der Waals surface area (Å²) in [7, 11) is 4.08. The Kier molecular flexibility index (Phi) is 9.11. The monoisotopic (exact) mass is 503 g/mol. The van der Waals surface area contributed by atoms with Crippen LogP contribution in [-0.4, -0.2) is 55.1 Å². The van der Waals surface area contributed by atoms with E-state index >= 15 is 0 Å². The second kappa shape index (κ2) is 12.7. The third-order valence-corrected chi connectivity index (χ3v) is 6.84. The van der Waals surface area contributed by atoms with Crippen LogP contribution in [-0.2, 0) is 17.9 Å². The van der Waals surface area contributed by atoms with E-state index in [-0.39, 0.29) is 18.0 Å². The summed E-state index contributed by atoms with van der Waals surface area (Å²) in [6.45, 7) is 2.62. The van der Waals surface area contributed by atoms with Gasteiger partial charge in [0.2, 0.25) is 5.91 Å². The molecule has 1 fully saturated rings. The van der Waals surface area contributed by atoms with E-state index in [1.165, 1.54) is 11.3 Å². The Bertz CT molecular complexity index is 1150. The number of rotatable bonds is 10. The van der Waals surface area contributed by atoms with Crippen LogP contribution < -0.4 is 15.5 Å². The molecule has 0 saturated carbocycles. The summed E-state index contributed by atoms with van der Waals surface area (Å²) in [5, 5.41) is 7.43. The first-order chi connectivity index (χ1) is 17.5. The maximum Gasteiger partial charge on any atom is 0.237 e. The van der Waals surface area contributed by atoms with E-state index < -0.39 is 0 Å². The van der Waals surface area contributed by atoms with Gasteiger partial charge in [0.25, 0.3) is 0 Å². The Balaban J connectivity index is 1.36. The number of hydrogen-bond donors (Lipinski definition) is 2. The summed E-state index contributed by atoms with van der Waals surface area (Å²) in [4.78, 5) is 21.6. The van der Waals surface area contributed by atoms with E-state index in [9.17, 15) is 4.79 Å². The van der Waals surface area contributed by atoms with Crippen molar-refractivity contribution in [3.8, 4) is 0 Å². The van der Waals surface area contributed by atoms with Gasteiger partial charge in [0, 0.05) is 69.4 Å². The van der Waals surface area contributed by atoms with E-state index in [0.29, 0.717) is 13.1 Å². The van der Waals surface area contributed by atoms with Gasteiger partial charge in [-0.25, -0.2) is 0 Å². The lowest BCUT2D eigenvalue weighted by Crippen LogP contribution is -2.42. The topological polar surface area (TPSA) is 60.5 Å². The van der Waals surface area contributed by atoms with E-state index in [2.05, 4.69) is 61.8 Å². The number of carbonyl (C=O) groups is 1. The van der Waals surface area contributed by atoms with Crippen LogP contribution in [0.4, 0.5) is 5.69 Å². The summed E-state index contributed by atoms with van der Waals surface area (Å²) >= 11 is 6.43. The number of halogens is 1. The van der Waals surface area contributed by atoms with Crippen LogP contribution in [0.5, 0.6) is 0 Å². The number of pyridine rings is 1. The van der Waals surface area contributed by atoms with Gasteiger partial charge in [-0.15, -0.1) is 0 Å². The number of likely N-dealkylation sites (tertiary alicyclic amines) is 1. The molecule has 36 heavy (non-hydrogen) atoms. The molecule has 3 aromatic rings. The fourth-order valence-corrected chi connectivity index (χ4v) is 4.66. The van der Waals surface area contributed by atoms with Crippen molar-refractivity contribution >= 4 is 29.3 Å². The minimum absolute atomic E-state index is 0.0340. The van der Waals surface area contributed by atoms with Crippen molar-refractivity contribution in [3.05, 3.63) is 101 Å². The normalized spacial score (nSPS) is 18.0. The molecule has 0 aliphatic carbocycles. The Labute approximate surface area is 219 Å². The highest BCUT2D eigenvalue weighted by Crippen LogP contribution is 2.24. The zero-order chi connectivity index (χ0) is 25.3. The van der Waals surface area contributed by atoms with Crippen LogP contribution in [0.25, 0.3) is 6.08 Å². The Morgan fingerprint density at radius 1 is 1.14 bits per heavy atom. The number of nitrogens with one attached hydrogen (secondary N) is 2. The van der Waals surface area contributed by atoms with Crippen LogP contribution in [0, 0.1) is 0 Å². The number of amides is 1. The standard InChI is InChI=1S/C29H34ClN5O/c1-34(2)26-13-11-22(12-14-26)7-6-16-32-25-17-28(29(36)33-19-23-8-5-15-31-18-23)35(21-25)20-24-9-3-4-10-27(24)30/h3-15,18,25,28,32H,16-17,19-21H2,1-2H3,(H,33,36)/b7-6+/t25-,28-/m0/s1. The Hall–Kier alpha value is -3.19. The van der Waals surface area contributed by atoms with Crippen molar-refractivity contribution in [2.45, 2.75) is 31.6 Å². The highest BCUT2D eigenvalue weighted by molar-refractivity contribution is 6.31. The van der Waals surface area contributed by atoms with Crippen molar-refractivity contribution in [2.75, 3.05) is 32.1 Å². The van der Waals surface area contributed by atoms with Crippen LogP contribution in [0.1, 0.15) is 23.1 Å². The average molecular weight is 504 g/mol. The van der Waals surface area contributed by atoms with Crippen LogP contribution in [0.2, 0.25) is 5.02 Å². The third-order valence-electron chi connectivity index (χ3n) is 6.47. The molecule has 188 valence electrons. The van der Waals surface area contributed by atoms with Gasteiger partial charge in [-0.1, -0.05) is 60.2 Å². The molecule has 0 spiro atoms. The number of benzene rings is 2. The number of anilines is 1. The Morgan fingerprint density at radius 2 is 1.94 bits per heavy atom. The molecule has 1 saturated heterocycles. The summed E-state index contributed by atoms with van der Waals surface area (Å²) in [6.07, 6.45) is 8.52. The molecular weight excluding hydrogens is 470 g/mol. The van der Waals surface area contributed by atoms with Gasteiger partial charge in [0.1, 0.15) is 0 Å². The molecule has 2 atom stereocenters. The lowest BCUT2D eigenvalue weighted by atomic mass is 10.1. The maximum atomic E-state index is 13.2. The zero-order valence-electron chi connectivity index (χ0n) is 20.9. The molecule has 6 nitrogen and oxygen atoms in total. The largest absolute Gasteiger partial charge is 0.378 e. The van der Waals surface area contributed by atoms with E-state index in [0.717, 1.165) is 35.7 Å². The molecule has 0 unspecified atom stereocenters. The van der Waals surface area contributed by atoms with Crippen LogP contribution in [0.15, 0.2) is 79.1 Å². The van der Waals surface area contributed by atoms with Crippen molar-refractivity contribution < 1.29 is 4.79 Å². The molecular formula is C29H34ClN5O. The van der Waals surface area contributed by atoms with Gasteiger partial charge in [-0.2, -0.15) is 0 Å². The van der Waals surface area contributed by atoms with Gasteiger partial charge in [-0.3, -0.25) is 14.7 Å². The first-order valence-electron chi connectivity index (χ1n) is 12.3.